The molecule has 4 unspecified atom stereocenters. The fraction of sp³-hybridized carbons (Fsp3) is 0.750. The Morgan fingerprint density at radius 3 is 2.48 bits per heavy atom. The van der Waals surface area contributed by atoms with Gasteiger partial charge in [0.25, 0.3) is 0 Å². The Morgan fingerprint density at radius 1 is 1.20 bits per heavy atom. The van der Waals surface area contributed by atoms with Crippen molar-refractivity contribution in [3.05, 3.63) is 12.4 Å². The van der Waals surface area contributed by atoms with E-state index in [0.29, 0.717) is 39.0 Å². The first-order valence-corrected chi connectivity index (χ1v) is 8.59. The molecule has 3 fully saturated rings. The number of fused-ring (bicyclic) bond motifs is 2. The normalized spacial score (nSPS) is 32.5. The second kappa shape index (κ2) is 5.89. The minimum atomic E-state index is -4.39. The van der Waals surface area contributed by atoms with Crippen molar-refractivity contribution < 1.29 is 22.7 Å². The Balaban J connectivity index is 1.43. The van der Waals surface area contributed by atoms with E-state index >= 15 is 0 Å². The number of halogens is 3. The van der Waals surface area contributed by atoms with Crippen LogP contribution in [0.2, 0.25) is 0 Å². The van der Waals surface area contributed by atoms with Crippen LogP contribution in [0.1, 0.15) is 12.8 Å². The molecule has 1 aromatic rings. The highest BCUT2D eigenvalue weighted by Crippen LogP contribution is 2.51. The van der Waals surface area contributed by atoms with Gasteiger partial charge in [0.05, 0.1) is 35.9 Å². The number of aromatic nitrogens is 2. The minimum absolute atomic E-state index is 0.396. The van der Waals surface area contributed by atoms with Gasteiger partial charge in [-0.05, 0) is 12.8 Å². The number of rotatable bonds is 2. The summed E-state index contributed by atoms with van der Waals surface area (Å²) in [5, 5.41) is 4.12. The molecule has 2 bridgehead atoms. The predicted octanol–water partition coefficient (Wildman–Crippen LogP) is 1.42. The Morgan fingerprint density at radius 2 is 1.88 bits per heavy atom. The smallest absolute Gasteiger partial charge is 0.373 e. The maximum absolute atomic E-state index is 13.4. The fourth-order valence-electron chi connectivity index (χ4n) is 4.37. The zero-order valence-corrected chi connectivity index (χ0v) is 13.9. The van der Waals surface area contributed by atoms with Gasteiger partial charge in [-0.2, -0.15) is 18.3 Å². The molecule has 4 atom stereocenters. The Kier molecular flexibility index (Phi) is 3.93. The highest BCUT2D eigenvalue weighted by Gasteiger charge is 2.63. The summed E-state index contributed by atoms with van der Waals surface area (Å²) < 4.78 is 47.4. The van der Waals surface area contributed by atoms with E-state index in [2.05, 4.69) is 10.00 Å². The Bertz CT molecular complexity index is 654. The molecule has 0 N–H and O–H groups in total. The van der Waals surface area contributed by atoms with Gasteiger partial charge in [0.2, 0.25) is 5.91 Å². The van der Waals surface area contributed by atoms with Gasteiger partial charge in [-0.3, -0.25) is 9.48 Å². The van der Waals surface area contributed by atoms with Crippen molar-refractivity contribution in [1.29, 1.82) is 0 Å². The molecule has 138 valence electrons. The first-order chi connectivity index (χ1) is 11.8. The van der Waals surface area contributed by atoms with E-state index in [4.69, 9.17) is 4.74 Å². The number of nitrogens with zero attached hydrogens (tertiary/aromatic N) is 4. The van der Waals surface area contributed by atoms with E-state index in [1.807, 2.05) is 13.2 Å². The zero-order valence-electron chi connectivity index (χ0n) is 13.9. The monoisotopic (exact) mass is 358 g/mol. The minimum Gasteiger partial charge on any atom is -0.373 e. The van der Waals surface area contributed by atoms with E-state index in [9.17, 15) is 18.0 Å². The topological polar surface area (TPSA) is 50.6 Å². The fourth-order valence-corrected chi connectivity index (χ4v) is 4.37. The van der Waals surface area contributed by atoms with Crippen molar-refractivity contribution in [3.8, 4) is 0 Å². The zero-order chi connectivity index (χ0) is 17.8. The van der Waals surface area contributed by atoms with Gasteiger partial charge in [-0.15, -0.1) is 0 Å². The molecule has 0 saturated carbocycles. The Labute approximate surface area is 143 Å². The molecule has 1 amide bonds. The van der Waals surface area contributed by atoms with Crippen molar-refractivity contribution in [3.63, 3.8) is 0 Å². The van der Waals surface area contributed by atoms with Crippen LogP contribution in [0.4, 0.5) is 18.9 Å². The molecule has 4 heterocycles. The number of hydrogen-bond donors (Lipinski definition) is 0. The van der Waals surface area contributed by atoms with Crippen LogP contribution in [0.25, 0.3) is 0 Å². The lowest BCUT2D eigenvalue weighted by atomic mass is 9.78. The van der Waals surface area contributed by atoms with Crippen LogP contribution in [-0.4, -0.2) is 65.2 Å². The van der Waals surface area contributed by atoms with Crippen molar-refractivity contribution >= 4 is 11.6 Å². The van der Waals surface area contributed by atoms with Gasteiger partial charge in [-0.1, -0.05) is 0 Å². The van der Waals surface area contributed by atoms with Crippen molar-refractivity contribution in [2.75, 3.05) is 31.1 Å². The number of hydrogen-bond acceptors (Lipinski definition) is 4. The standard InChI is InChI=1S/C16H21F3N4O2/c1-21-9-10(8-20-21)22-4-6-23(7-5-22)15(24)13-11-2-3-12(25-11)14(13)16(17,18)19/h8-9,11-14H,2-7H2,1H3. The van der Waals surface area contributed by atoms with Crippen LogP contribution >= 0.6 is 0 Å². The van der Waals surface area contributed by atoms with Crippen LogP contribution in [0.15, 0.2) is 12.4 Å². The second-order valence-electron chi connectivity index (χ2n) is 7.07. The van der Waals surface area contributed by atoms with E-state index in [0.717, 1.165) is 5.69 Å². The number of aryl methyl sites for hydroxylation is 1. The summed E-state index contributed by atoms with van der Waals surface area (Å²) in [5.74, 6) is -3.14. The molecule has 4 rings (SSSR count). The van der Waals surface area contributed by atoms with Crippen LogP contribution < -0.4 is 4.90 Å². The highest BCUT2D eigenvalue weighted by atomic mass is 19.4. The van der Waals surface area contributed by atoms with Gasteiger partial charge in [-0.25, -0.2) is 0 Å². The molecule has 9 heteroatoms. The summed E-state index contributed by atoms with van der Waals surface area (Å²) in [4.78, 5) is 16.5. The lowest BCUT2D eigenvalue weighted by Crippen LogP contribution is -2.54. The third kappa shape index (κ3) is 2.88. The number of ether oxygens (including phenoxy) is 1. The number of anilines is 1. The van der Waals surface area contributed by atoms with Crippen molar-refractivity contribution in [1.82, 2.24) is 14.7 Å². The molecule has 0 radical (unpaired) electrons. The quantitative estimate of drug-likeness (QED) is 0.803. The van der Waals surface area contributed by atoms with E-state index in [1.165, 1.54) is 0 Å². The van der Waals surface area contributed by atoms with Gasteiger partial charge < -0.3 is 14.5 Å². The average molecular weight is 358 g/mol. The molecule has 6 nitrogen and oxygen atoms in total. The summed E-state index contributed by atoms with van der Waals surface area (Å²) in [6.45, 7) is 2.03. The molecular weight excluding hydrogens is 337 g/mol. The largest absolute Gasteiger partial charge is 0.395 e. The first kappa shape index (κ1) is 16.7. The van der Waals surface area contributed by atoms with E-state index in [-0.39, 0.29) is 0 Å². The molecule has 0 aromatic carbocycles. The number of amides is 1. The summed E-state index contributed by atoms with van der Waals surface area (Å²) in [5.41, 5.74) is 0.964. The van der Waals surface area contributed by atoms with Gasteiger partial charge in [0.15, 0.2) is 0 Å². The molecule has 0 spiro atoms. The molecule has 0 aliphatic carbocycles. The molecule has 25 heavy (non-hydrogen) atoms. The number of carbonyl (C=O) groups is 1. The third-order valence-corrected chi connectivity index (χ3v) is 5.58. The van der Waals surface area contributed by atoms with Gasteiger partial charge >= 0.3 is 6.18 Å². The Hall–Kier alpha value is -1.77. The molecule has 3 saturated heterocycles. The predicted molar refractivity (Wildman–Crippen MR) is 82.9 cm³/mol. The summed E-state index contributed by atoms with van der Waals surface area (Å²) in [6, 6.07) is 0. The van der Waals surface area contributed by atoms with E-state index in [1.54, 1.807) is 15.8 Å². The first-order valence-electron chi connectivity index (χ1n) is 8.59. The highest BCUT2D eigenvalue weighted by molar-refractivity contribution is 5.81. The van der Waals surface area contributed by atoms with E-state index < -0.39 is 36.1 Å². The van der Waals surface area contributed by atoms with Crippen molar-refractivity contribution in [2.45, 2.75) is 31.2 Å². The SMILES string of the molecule is Cn1cc(N2CCN(C(=O)C3C4CCC(O4)C3C(F)(F)F)CC2)cn1. The number of piperazine rings is 1. The summed E-state index contributed by atoms with van der Waals surface area (Å²) >= 11 is 0. The molecule has 3 aliphatic rings. The lowest BCUT2D eigenvalue weighted by molar-refractivity contribution is -0.199. The van der Waals surface area contributed by atoms with Crippen LogP contribution in [0.3, 0.4) is 0 Å². The van der Waals surface area contributed by atoms with Gasteiger partial charge in [0.1, 0.15) is 0 Å². The van der Waals surface area contributed by atoms with Crippen molar-refractivity contribution in [2.24, 2.45) is 18.9 Å². The van der Waals surface area contributed by atoms with Crippen LogP contribution in [0, 0.1) is 11.8 Å². The molecule has 1 aromatic heterocycles. The maximum atomic E-state index is 13.4. The third-order valence-electron chi connectivity index (χ3n) is 5.58. The van der Waals surface area contributed by atoms with Gasteiger partial charge in [0, 0.05) is 39.4 Å². The second-order valence-corrected chi connectivity index (χ2v) is 7.07. The maximum Gasteiger partial charge on any atom is 0.395 e. The number of alkyl halides is 3. The summed E-state index contributed by atoms with van der Waals surface area (Å²) in [7, 11) is 1.83. The average Bonchev–Trinajstić information content (AvgIpc) is 3.28. The summed E-state index contributed by atoms with van der Waals surface area (Å²) in [6.07, 6.45) is -1.24. The lowest BCUT2D eigenvalue weighted by Gasteiger charge is -2.38. The molecule has 3 aliphatic heterocycles. The van der Waals surface area contributed by atoms with Crippen LogP contribution in [0.5, 0.6) is 0 Å². The van der Waals surface area contributed by atoms with Crippen LogP contribution in [-0.2, 0) is 16.6 Å². The number of carbonyl (C=O) groups excluding carboxylic acids is 1. The molecular formula is C16H21F3N4O2.